The number of rotatable bonds is 2. The first-order valence-corrected chi connectivity index (χ1v) is 1.70. The summed E-state index contributed by atoms with van der Waals surface area (Å²) in [6, 6.07) is 0. The molecule has 0 fully saturated rings. The normalized spacial score (nSPS) is 6.43. The van der Waals surface area contributed by atoms with E-state index in [0.717, 1.165) is 0 Å². The van der Waals surface area contributed by atoms with E-state index in [9.17, 15) is 9.59 Å². The first kappa shape index (κ1) is 10.3. The van der Waals surface area contributed by atoms with Crippen molar-refractivity contribution in [2.75, 3.05) is 0 Å². The van der Waals surface area contributed by atoms with E-state index in [1.54, 1.807) is 0 Å². The molecule has 40 valence electrons. The van der Waals surface area contributed by atoms with Crippen LogP contribution in [0.1, 0.15) is 13.3 Å². The molecule has 0 aliphatic rings. The van der Waals surface area contributed by atoms with Crippen molar-refractivity contribution in [1.29, 1.82) is 0 Å². The van der Waals surface area contributed by atoms with Gasteiger partial charge < -0.3 is 4.79 Å². The van der Waals surface area contributed by atoms with Crippen LogP contribution >= 0.6 is 0 Å². The fraction of sp³-hybridized carbons (Fsp3) is 0.500. The fourth-order valence-corrected chi connectivity index (χ4v) is 0.117. The molecular formula is C4H8O2Pb. The number of aldehydes is 1. The van der Waals surface area contributed by atoms with E-state index in [-0.39, 0.29) is 39.5 Å². The van der Waals surface area contributed by atoms with Gasteiger partial charge in [0.25, 0.3) is 0 Å². The van der Waals surface area contributed by atoms with Crippen LogP contribution in [-0.2, 0) is 9.59 Å². The maximum atomic E-state index is 9.81. The molecule has 0 aromatic rings. The second-order valence-electron chi connectivity index (χ2n) is 1.07. The Hall–Kier alpha value is 0.262. The van der Waals surface area contributed by atoms with E-state index < -0.39 is 0 Å². The predicted molar refractivity (Wildman–Crippen MR) is 29.9 cm³/mol. The average molecular weight is 295 g/mol. The van der Waals surface area contributed by atoms with Crippen LogP contribution in [0.15, 0.2) is 0 Å². The van der Waals surface area contributed by atoms with E-state index in [0.29, 0.717) is 6.29 Å². The van der Waals surface area contributed by atoms with Crippen molar-refractivity contribution < 1.29 is 9.59 Å². The molecular weight excluding hydrogens is 287 g/mol. The molecule has 0 saturated heterocycles. The van der Waals surface area contributed by atoms with Gasteiger partial charge in [0.05, 0.1) is 6.42 Å². The van der Waals surface area contributed by atoms with Crippen molar-refractivity contribution in [2.24, 2.45) is 0 Å². The summed E-state index contributed by atoms with van der Waals surface area (Å²) in [5, 5.41) is 0. The minimum absolute atomic E-state index is 0. The molecule has 0 N–H and O–H groups in total. The third kappa shape index (κ3) is 10.7. The summed E-state index contributed by atoms with van der Waals surface area (Å²) < 4.78 is 0. The molecule has 0 heterocycles. The van der Waals surface area contributed by atoms with Crippen LogP contribution in [-0.4, -0.2) is 39.4 Å². The Balaban J connectivity index is 0. The standard InChI is InChI=1S/C4H6O2.Pb.2H/c1-4(6)2-3-5;;;/h3H,2H2,1H3;;;. The second kappa shape index (κ2) is 6.26. The topological polar surface area (TPSA) is 34.1 Å². The number of hydrogen-bond donors (Lipinski definition) is 0. The van der Waals surface area contributed by atoms with Gasteiger partial charge in [0.2, 0.25) is 0 Å². The van der Waals surface area contributed by atoms with Crippen molar-refractivity contribution in [2.45, 2.75) is 13.3 Å². The van der Waals surface area contributed by atoms with Gasteiger partial charge in [0.15, 0.2) is 0 Å². The second-order valence-corrected chi connectivity index (χ2v) is 1.07. The molecule has 2 nitrogen and oxygen atoms in total. The minimum atomic E-state index is -0.0787. The zero-order valence-corrected chi connectivity index (χ0v) is 9.81. The van der Waals surface area contributed by atoms with Gasteiger partial charge in [0.1, 0.15) is 12.1 Å². The SMILES string of the molecule is CC(=O)CC=O.[PbH2]. The Morgan fingerprint density at radius 1 is 1.71 bits per heavy atom. The maximum absolute atomic E-state index is 9.81. The summed E-state index contributed by atoms with van der Waals surface area (Å²) in [4.78, 5) is 19.2. The zero-order valence-electron chi connectivity index (χ0n) is 4.31. The van der Waals surface area contributed by atoms with Gasteiger partial charge in [0, 0.05) is 0 Å². The summed E-state index contributed by atoms with van der Waals surface area (Å²) in [6.45, 7) is 1.38. The molecule has 0 unspecified atom stereocenters. The van der Waals surface area contributed by atoms with Crippen molar-refractivity contribution in [3.05, 3.63) is 0 Å². The molecule has 0 amide bonds. The van der Waals surface area contributed by atoms with Crippen LogP contribution in [0.3, 0.4) is 0 Å². The molecule has 0 saturated carbocycles. The van der Waals surface area contributed by atoms with E-state index in [1.807, 2.05) is 0 Å². The predicted octanol–water partition coefficient (Wildman–Crippen LogP) is -0.752. The third-order valence-electron chi connectivity index (χ3n) is 0.371. The van der Waals surface area contributed by atoms with Crippen molar-refractivity contribution in [3.8, 4) is 0 Å². The molecule has 0 aliphatic heterocycles. The molecule has 0 atom stereocenters. The molecule has 0 rings (SSSR count). The average Bonchev–Trinajstić information content (AvgIpc) is 1.35. The van der Waals surface area contributed by atoms with E-state index in [4.69, 9.17) is 0 Å². The van der Waals surface area contributed by atoms with Gasteiger partial charge in [-0.1, -0.05) is 0 Å². The Labute approximate surface area is 62.4 Å². The van der Waals surface area contributed by atoms with Crippen LogP contribution in [0.4, 0.5) is 0 Å². The Morgan fingerprint density at radius 2 is 2.14 bits per heavy atom. The number of carbonyl (C=O) groups is 2. The van der Waals surface area contributed by atoms with E-state index in [1.165, 1.54) is 6.92 Å². The van der Waals surface area contributed by atoms with Crippen molar-refractivity contribution >= 4 is 39.4 Å². The molecule has 7 heavy (non-hydrogen) atoms. The van der Waals surface area contributed by atoms with Gasteiger partial charge >= 0.3 is 27.3 Å². The number of carbonyl (C=O) groups excluding carboxylic acids is 2. The zero-order chi connectivity index (χ0) is 4.99. The van der Waals surface area contributed by atoms with Gasteiger partial charge in [-0.2, -0.15) is 0 Å². The van der Waals surface area contributed by atoms with Crippen molar-refractivity contribution in [1.82, 2.24) is 0 Å². The van der Waals surface area contributed by atoms with Gasteiger partial charge in [-0.25, -0.2) is 0 Å². The number of Topliss-reactive ketones (excluding diaryl/α,β-unsaturated/α-hetero) is 1. The van der Waals surface area contributed by atoms with Crippen molar-refractivity contribution in [3.63, 3.8) is 0 Å². The summed E-state index contributed by atoms with van der Waals surface area (Å²) in [6.07, 6.45) is 0.655. The summed E-state index contributed by atoms with van der Waals surface area (Å²) >= 11 is 0. The van der Waals surface area contributed by atoms with Gasteiger partial charge in [-0.3, -0.25) is 4.79 Å². The Morgan fingerprint density at radius 3 is 2.14 bits per heavy atom. The monoisotopic (exact) mass is 296 g/mol. The third-order valence-corrected chi connectivity index (χ3v) is 0.371. The van der Waals surface area contributed by atoms with Crippen LogP contribution in [0.5, 0.6) is 0 Å². The van der Waals surface area contributed by atoms with Crippen LogP contribution in [0, 0.1) is 0 Å². The summed E-state index contributed by atoms with van der Waals surface area (Å²) in [7, 11) is 0. The molecule has 3 heteroatoms. The molecule has 0 spiro atoms. The van der Waals surface area contributed by atoms with E-state index in [2.05, 4.69) is 0 Å². The van der Waals surface area contributed by atoms with E-state index >= 15 is 0 Å². The Kier molecular flexibility index (Phi) is 9.20. The van der Waals surface area contributed by atoms with Crippen LogP contribution in [0.2, 0.25) is 0 Å². The van der Waals surface area contributed by atoms with Gasteiger partial charge in [-0.05, 0) is 6.92 Å². The number of ketones is 1. The molecule has 0 aromatic heterocycles. The van der Waals surface area contributed by atoms with Crippen LogP contribution < -0.4 is 0 Å². The van der Waals surface area contributed by atoms with Crippen LogP contribution in [0.25, 0.3) is 0 Å². The molecule has 0 aliphatic carbocycles. The fourth-order valence-electron chi connectivity index (χ4n) is 0.117. The first-order chi connectivity index (χ1) is 2.77. The van der Waals surface area contributed by atoms with Gasteiger partial charge in [-0.15, -0.1) is 0 Å². The molecule has 0 bridgehead atoms. The molecule has 0 aromatic carbocycles. The summed E-state index contributed by atoms with van der Waals surface area (Å²) in [5.41, 5.74) is 0. The number of hydrogen-bond acceptors (Lipinski definition) is 2. The quantitative estimate of drug-likeness (QED) is 0.382. The Bertz CT molecular complexity index is 70.1. The summed E-state index contributed by atoms with van der Waals surface area (Å²) in [5.74, 6) is -0.0787. The molecule has 2 radical (unpaired) electrons. The first-order valence-electron chi connectivity index (χ1n) is 1.70.